The van der Waals surface area contributed by atoms with Crippen LogP contribution in [0.25, 0.3) is 0 Å². The van der Waals surface area contributed by atoms with Crippen LogP contribution in [0.2, 0.25) is 0 Å². The van der Waals surface area contributed by atoms with Crippen molar-refractivity contribution in [3.63, 3.8) is 0 Å². The summed E-state index contributed by atoms with van der Waals surface area (Å²) in [5.41, 5.74) is 0. The van der Waals surface area contributed by atoms with Gasteiger partial charge >= 0.3 is 12.4 Å². The molecule has 0 amide bonds. The third kappa shape index (κ3) is 16.5. The van der Waals surface area contributed by atoms with Crippen molar-refractivity contribution >= 4 is 20.2 Å². The van der Waals surface area contributed by atoms with Crippen molar-refractivity contribution in [2.45, 2.75) is 43.1 Å². The zero-order valence-electron chi connectivity index (χ0n) is 12.8. The SMILES string of the molecule is CC(C(F)(F)F)S(=O)(=O)O.CC(C(F)(F)F)S(=O)(=O)O.OCCCO. The zero-order chi connectivity index (χ0) is 21.3. The average molecular weight is 432 g/mol. The molecule has 0 aliphatic carbocycles. The molecule has 0 radical (unpaired) electrons. The number of alkyl halides is 6. The first-order valence-corrected chi connectivity index (χ1v) is 9.01. The van der Waals surface area contributed by atoms with Gasteiger partial charge in [-0.05, 0) is 20.3 Å². The molecule has 156 valence electrons. The van der Waals surface area contributed by atoms with Gasteiger partial charge in [0, 0.05) is 13.2 Å². The minimum absolute atomic E-state index is 0.0938. The molecule has 0 aromatic rings. The van der Waals surface area contributed by atoms with Crippen LogP contribution in [0, 0.1) is 0 Å². The van der Waals surface area contributed by atoms with Gasteiger partial charge in [0.1, 0.15) is 0 Å². The van der Waals surface area contributed by atoms with Gasteiger partial charge in [-0.1, -0.05) is 0 Å². The highest BCUT2D eigenvalue weighted by Crippen LogP contribution is 2.25. The van der Waals surface area contributed by atoms with Gasteiger partial charge in [0.2, 0.25) is 0 Å². The van der Waals surface area contributed by atoms with Gasteiger partial charge in [-0.2, -0.15) is 43.2 Å². The molecule has 0 aromatic carbocycles. The molecule has 0 saturated heterocycles. The van der Waals surface area contributed by atoms with Crippen molar-refractivity contribution < 1.29 is 62.5 Å². The molecule has 0 rings (SSSR count). The van der Waals surface area contributed by atoms with E-state index >= 15 is 0 Å². The smallest absolute Gasteiger partial charge is 0.396 e. The van der Waals surface area contributed by atoms with Gasteiger partial charge in [0.05, 0.1) is 0 Å². The summed E-state index contributed by atoms with van der Waals surface area (Å²) in [4.78, 5) is 0. The highest BCUT2D eigenvalue weighted by molar-refractivity contribution is 7.86. The lowest BCUT2D eigenvalue weighted by Crippen LogP contribution is -2.33. The normalized spacial score (nSPS) is 15.2. The summed E-state index contributed by atoms with van der Waals surface area (Å²) in [6.45, 7) is 0.928. The Morgan fingerprint density at radius 2 is 0.920 bits per heavy atom. The second-order valence-electron chi connectivity index (χ2n) is 4.20. The molecule has 2 unspecified atom stereocenters. The molecule has 8 nitrogen and oxygen atoms in total. The fourth-order valence-corrected chi connectivity index (χ4v) is 1.08. The first-order valence-electron chi connectivity index (χ1n) is 6.00. The van der Waals surface area contributed by atoms with Gasteiger partial charge in [-0.25, -0.2) is 0 Å². The maximum atomic E-state index is 11.4. The van der Waals surface area contributed by atoms with Crippen LogP contribution in [0.4, 0.5) is 26.3 Å². The summed E-state index contributed by atoms with van der Waals surface area (Å²) in [5, 5.41) is 10.4. The third-order valence-corrected chi connectivity index (χ3v) is 4.45. The first-order chi connectivity index (χ1) is 10.7. The van der Waals surface area contributed by atoms with Crippen molar-refractivity contribution in [2.24, 2.45) is 0 Å². The molecular weight excluding hydrogens is 414 g/mol. The first kappa shape index (κ1) is 29.1. The molecule has 0 heterocycles. The fraction of sp³-hybridized carbons (Fsp3) is 1.00. The van der Waals surface area contributed by atoms with Crippen molar-refractivity contribution in [3.8, 4) is 0 Å². The van der Waals surface area contributed by atoms with Crippen LogP contribution in [0.5, 0.6) is 0 Å². The van der Waals surface area contributed by atoms with E-state index in [0.717, 1.165) is 0 Å². The lowest BCUT2D eigenvalue weighted by molar-refractivity contribution is -0.129. The Bertz CT molecular complexity index is 504. The van der Waals surface area contributed by atoms with E-state index in [4.69, 9.17) is 19.3 Å². The maximum Gasteiger partial charge on any atom is 0.407 e. The Kier molecular flexibility index (Phi) is 12.9. The van der Waals surface area contributed by atoms with E-state index in [1.807, 2.05) is 0 Å². The predicted molar refractivity (Wildman–Crippen MR) is 72.9 cm³/mol. The molecule has 16 heteroatoms. The topological polar surface area (TPSA) is 149 Å². The predicted octanol–water partition coefficient (Wildman–Crippen LogP) is 1.01. The van der Waals surface area contributed by atoms with Crippen molar-refractivity contribution in [1.29, 1.82) is 0 Å². The summed E-state index contributed by atoms with van der Waals surface area (Å²) < 4.78 is 123. The van der Waals surface area contributed by atoms with E-state index in [0.29, 0.717) is 20.3 Å². The Morgan fingerprint density at radius 1 is 0.720 bits per heavy atom. The molecule has 25 heavy (non-hydrogen) atoms. The van der Waals surface area contributed by atoms with Crippen LogP contribution >= 0.6 is 0 Å². The van der Waals surface area contributed by atoms with E-state index in [9.17, 15) is 43.2 Å². The van der Waals surface area contributed by atoms with Gasteiger partial charge < -0.3 is 10.2 Å². The quantitative estimate of drug-likeness (QED) is 0.380. The molecule has 4 N–H and O–H groups in total. The number of hydrogen-bond acceptors (Lipinski definition) is 6. The summed E-state index contributed by atoms with van der Waals surface area (Å²) in [5.74, 6) is 0. The van der Waals surface area contributed by atoms with Crippen LogP contribution in [0.15, 0.2) is 0 Å². The Balaban J connectivity index is -0.000000308. The molecule has 2 atom stereocenters. The molecule has 0 aliphatic heterocycles. The number of halogens is 6. The minimum Gasteiger partial charge on any atom is -0.396 e. The van der Waals surface area contributed by atoms with E-state index in [-0.39, 0.29) is 13.2 Å². The lowest BCUT2D eigenvalue weighted by Gasteiger charge is -2.10. The van der Waals surface area contributed by atoms with Crippen LogP contribution in [-0.2, 0) is 20.2 Å². The maximum absolute atomic E-state index is 11.4. The number of rotatable bonds is 4. The van der Waals surface area contributed by atoms with Crippen LogP contribution < -0.4 is 0 Å². The molecular formula is C9H18F6O8S2. The van der Waals surface area contributed by atoms with Gasteiger partial charge in [-0.3, -0.25) is 9.11 Å². The van der Waals surface area contributed by atoms with Crippen molar-refractivity contribution in [2.75, 3.05) is 13.2 Å². The second-order valence-corrected chi connectivity index (χ2v) is 7.67. The Labute approximate surface area is 140 Å². The van der Waals surface area contributed by atoms with E-state index in [2.05, 4.69) is 0 Å². The lowest BCUT2D eigenvalue weighted by atomic mass is 10.5. The summed E-state index contributed by atoms with van der Waals surface area (Å²) in [7, 11) is -9.97. The molecule has 0 aliphatic rings. The van der Waals surface area contributed by atoms with Crippen LogP contribution in [-0.4, -0.2) is 72.2 Å². The van der Waals surface area contributed by atoms with Crippen LogP contribution in [0.1, 0.15) is 20.3 Å². The second kappa shape index (κ2) is 11.1. The molecule has 0 saturated carbocycles. The monoisotopic (exact) mass is 432 g/mol. The summed E-state index contributed by atoms with van der Waals surface area (Å²) in [6.07, 6.45) is -9.29. The van der Waals surface area contributed by atoms with Gasteiger partial charge in [0.15, 0.2) is 10.5 Å². The highest BCUT2D eigenvalue weighted by Gasteiger charge is 2.45. The standard InChI is InChI=1S/2C3H5F3O3S.C3H8O2/c2*1-2(3(4,5)6)10(7,8)9;4-2-1-3-5/h2*2H,1H3,(H,7,8,9);4-5H,1-3H2. The Morgan fingerprint density at radius 3 is 0.920 bits per heavy atom. The molecule has 0 aromatic heterocycles. The zero-order valence-corrected chi connectivity index (χ0v) is 14.4. The molecule has 0 spiro atoms. The third-order valence-electron chi connectivity index (χ3n) is 2.13. The summed E-state index contributed by atoms with van der Waals surface area (Å²) in [6, 6.07) is 0. The van der Waals surface area contributed by atoms with Crippen molar-refractivity contribution in [3.05, 3.63) is 0 Å². The Hall–Kier alpha value is -0.680. The van der Waals surface area contributed by atoms with Crippen molar-refractivity contribution in [1.82, 2.24) is 0 Å². The van der Waals surface area contributed by atoms with Crippen LogP contribution in [0.3, 0.4) is 0 Å². The minimum atomic E-state index is -4.99. The number of hydrogen-bond donors (Lipinski definition) is 4. The molecule has 0 fully saturated rings. The van der Waals surface area contributed by atoms with Gasteiger partial charge in [0.25, 0.3) is 20.2 Å². The van der Waals surface area contributed by atoms with Gasteiger partial charge in [-0.15, -0.1) is 0 Å². The summed E-state index contributed by atoms with van der Waals surface area (Å²) >= 11 is 0. The largest absolute Gasteiger partial charge is 0.407 e. The number of aliphatic hydroxyl groups excluding tert-OH is 2. The fourth-order valence-electron chi connectivity index (χ4n) is 0.408. The highest BCUT2D eigenvalue weighted by atomic mass is 32.2. The van der Waals surface area contributed by atoms with E-state index < -0.39 is 43.1 Å². The average Bonchev–Trinajstić information content (AvgIpc) is 2.35. The molecule has 0 bridgehead atoms. The van der Waals surface area contributed by atoms with E-state index in [1.54, 1.807) is 0 Å². The number of aliphatic hydroxyl groups is 2. The van der Waals surface area contributed by atoms with E-state index in [1.165, 1.54) is 0 Å².